The van der Waals surface area contributed by atoms with Crippen molar-refractivity contribution in [3.05, 3.63) is 54.4 Å². The summed E-state index contributed by atoms with van der Waals surface area (Å²) in [6.45, 7) is 0. The predicted octanol–water partition coefficient (Wildman–Crippen LogP) is 2.38. The van der Waals surface area contributed by atoms with Gasteiger partial charge in [0.15, 0.2) is 0 Å². The summed E-state index contributed by atoms with van der Waals surface area (Å²) in [6.07, 6.45) is -0.606. The molecular weight excluding hydrogens is 452 g/mol. The van der Waals surface area contributed by atoms with Gasteiger partial charge in [-0.2, -0.15) is 0 Å². The van der Waals surface area contributed by atoms with Crippen LogP contribution < -0.4 is 56.1 Å². The minimum absolute atomic E-state index is 0. The SMILES string of the molecule is O=C(O)C1CCC(c2cc3cccnc3c(-c3cccc(OC(F)(F)F)c3)n2)CC1.[K+].[OH-]. The monoisotopic (exact) mass is 472 g/mol. The van der Waals surface area contributed by atoms with Crippen molar-refractivity contribution in [2.75, 3.05) is 0 Å². The van der Waals surface area contributed by atoms with Gasteiger partial charge in [-0.05, 0) is 49.9 Å². The maximum Gasteiger partial charge on any atom is 1.00 e. The zero-order valence-electron chi connectivity index (χ0n) is 17.3. The van der Waals surface area contributed by atoms with Crippen molar-refractivity contribution in [2.45, 2.75) is 38.0 Å². The maximum absolute atomic E-state index is 12.6. The van der Waals surface area contributed by atoms with Crippen LogP contribution in [0.5, 0.6) is 5.75 Å². The molecule has 0 atom stereocenters. The van der Waals surface area contributed by atoms with Gasteiger partial charge < -0.3 is 15.3 Å². The predicted molar refractivity (Wildman–Crippen MR) is 106 cm³/mol. The zero-order valence-corrected chi connectivity index (χ0v) is 20.5. The van der Waals surface area contributed by atoms with Gasteiger partial charge in [-0.3, -0.25) is 14.8 Å². The van der Waals surface area contributed by atoms with Crippen LogP contribution in [-0.2, 0) is 4.79 Å². The molecule has 1 saturated carbocycles. The molecule has 1 aliphatic carbocycles. The van der Waals surface area contributed by atoms with Crippen LogP contribution in [0.4, 0.5) is 13.2 Å². The molecule has 2 N–H and O–H groups in total. The Labute approximate surface area is 224 Å². The largest absolute Gasteiger partial charge is 1.00 e. The van der Waals surface area contributed by atoms with Crippen LogP contribution in [0.15, 0.2) is 48.7 Å². The third-order valence-electron chi connectivity index (χ3n) is 5.44. The molecule has 0 amide bonds. The van der Waals surface area contributed by atoms with Gasteiger partial charge in [0.1, 0.15) is 5.75 Å². The average Bonchev–Trinajstić information content (AvgIpc) is 2.72. The third kappa shape index (κ3) is 6.27. The molecule has 0 bridgehead atoms. The molecule has 0 aliphatic heterocycles. The second kappa shape index (κ2) is 11.0. The van der Waals surface area contributed by atoms with Gasteiger partial charge in [0.2, 0.25) is 0 Å². The fourth-order valence-corrected chi connectivity index (χ4v) is 3.99. The number of carboxylic acids is 1. The number of rotatable bonds is 4. The Morgan fingerprint density at radius 2 is 1.78 bits per heavy atom. The minimum atomic E-state index is -4.78. The number of aliphatic carboxylic acids is 1. The summed E-state index contributed by atoms with van der Waals surface area (Å²) in [5.74, 6) is -1.33. The van der Waals surface area contributed by atoms with Crippen molar-refractivity contribution in [1.29, 1.82) is 0 Å². The molecule has 0 unspecified atom stereocenters. The Hall–Kier alpha value is -1.56. The quantitative estimate of drug-likeness (QED) is 0.585. The van der Waals surface area contributed by atoms with Crippen LogP contribution in [0.3, 0.4) is 0 Å². The first-order valence-electron chi connectivity index (χ1n) is 9.65. The first kappa shape index (κ1) is 26.7. The molecule has 1 aliphatic rings. The van der Waals surface area contributed by atoms with Crippen LogP contribution in [0.25, 0.3) is 22.2 Å². The standard InChI is InChI=1S/C22H19F3N2O3.K.H2O/c23-22(24,25)30-17-5-1-3-15(11-17)20-19-16(4-2-10-26-19)12-18(27-20)13-6-8-14(9-7-13)21(28)29;;/h1-5,10-14H,6-9H2,(H,28,29);;1H2/q;+1;/p-1. The second-order valence-corrected chi connectivity index (χ2v) is 7.43. The van der Waals surface area contributed by atoms with Gasteiger partial charge in [-0.1, -0.05) is 18.2 Å². The van der Waals surface area contributed by atoms with Gasteiger partial charge >= 0.3 is 63.7 Å². The Balaban J connectivity index is 0.00000181. The Morgan fingerprint density at radius 1 is 1.06 bits per heavy atom. The molecule has 0 radical (unpaired) electrons. The van der Waals surface area contributed by atoms with Crippen LogP contribution >= 0.6 is 0 Å². The van der Waals surface area contributed by atoms with E-state index in [-0.39, 0.29) is 74.4 Å². The van der Waals surface area contributed by atoms with Crippen molar-refractivity contribution in [2.24, 2.45) is 5.92 Å². The van der Waals surface area contributed by atoms with Crippen molar-refractivity contribution >= 4 is 16.9 Å². The average molecular weight is 473 g/mol. The van der Waals surface area contributed by atoms with Crippen LogP contribution in [0, 0.1) is 5.92 Å². The fourth-order valence-electron chi connectivity index (χ4n) is 3.99. The number of hydrogen-bond donors (Lipinski definition) is 1. The Morgan fingerprint density at radius 3 is 2.44 bits per heavy atom. The van der Waals surface area contributed by atoms with Crippen LogP contribution in [0.1, 0.15) is 37.3 Å². The van der Waals surface area contributed by atoms with Crippen molar-refractivity contribution in [3.8, 4) is 17.0 Å². The van der Waals surface area contributed by atoms with Crippen molar-refractivity contribution in [3.63, 3.8) is 0 Å². The topological polar surface area (TPSA) is 102 Å². The van der Waals surface area contributed by atoms with E-state index in [1.165, 1.54) is 18.2 Å². The first-order chi connectivity index (χ1) is 14.3. The molecule has 6 nitrogen and oxygen atoms in total. The molecular formula is C22H20F3KN2O4. The number of benzene rings is 1. The van der Waals surface area contributed by atoms with Gasteiger partial charge in [-0.15, -0.1) is 13.2 Å². The van der Waals surface area contributed by atoms with E-state index >= 15 is 0 Å². The first-order valence-corrected chi connectivity index (χ1v) is 9.65. The molecule has 1 aromatic carbocycles. The number of carboxylic acid groups (broad SMARTS) is 1. The van der Waals surface area contributed by atoms with E-state index in [1.807, 2.05) is 12.1 Å². The molecule has 32 heavy (non-hydrogen) atoms. The molecule has 1 fully saturated rings. The molecule has 3 aromatic rings. The minimum Gasteiger partial charge on any atom is -0.870 e. The van der Waals surface area contributed by atoms with Gasteiger partial charge in [0.05, 0.1) is 17.1 Å². The molecule has 0 saturated heterocycles. The zero-order chi connectivity index (χ0) is 21.3. The molecule has 164 valence electrons. The van der Waals surface area contributed by atoms with Gasteiger partial charge in [-0.25, -0.2) is 0 Å². The summed E-state index contributed by atoms with van der Waals surface area (Å²) in [5.41, 5.74) is 2.35. The molecule has 2 heterocycles. The summed E-state index contributed by atoms with van der Waals surface area (Å²) in [6, 6.07) is 11.3. The third-order valence-corrected chi connectivity index (χ3v) is 5.44. The summed E-state index contributed by atoms with van der Waals surface area (Å²) < 4.78 is 41.9. The number of halogens is 3. The van der Waals surface area contributed by atoms with Gasteiger partial charge in [0, 0.05) is 28.8 Å². The number of ether oxygens (including phenoxy) is 1. The summed E-state index contributed by atoms with van der Waals surface area (Å²) in [7, 11) is 0. The number of pyridine rings is 2. The number of aromatic nitrogens is 2. The fraction of sp³-hybridized carbons (Fsp3) is 0.318. The van der Waals surface area contributed by atoms with Crippen LogP contribution in [0.2, 0.25) is 0 Å². The number of fused-ring (bicyclic) bond motifs is 1. The van der Waals surface area contributed by atoms with Crippen molar-refractivity contribution in [1.82, 2.24) is 9.97 Å². The van der Waals surface area contributed by atoms with Gasteiger partial charge in [0.25, 0.3) is 0 Å². The summed E-state index contributed by atoms with van der Waals surface area (Å²) >= 11 is 0. The van der Waals surface area contributed by atoms with E-state index in [0.29, 0.717) is 42.5 Å². The Kier molecular flexibility index (Phi) is 9.21. The number of alkyl halides is 3. The number of carbonyl (C=O) groups is 1. The van der Waals surface area contributed by atoms with Crippen LogP contribution in [-0.4, -0.2) is 32.9 Å². The Bertz CT molecular complexity index is 1090. The van der Waals surface area contributed by atoms with E-state index in [1.54, 1.807) is 18.3 Å². The molecule has 4 rings (SSSR count). The molecule has 0 spiro atoms. The second-order valence-electron chi connectivity index (χ2n) is 7.43. The number of nitrogens with zero attached hydrogens (tertiary/aromatic N) is 2. The number of hydrogen-bond acceptors (Lipinski definition) is 5. The van der Waals surface area contributed by atoms with E-state index in [4.69, 9.17) is 4.98 Å². The summed E-state index contributed by atoms with van der Waals surface area (Å²) in [5, 5.41) is 10.1. The van der Waals surface area contributed by atoms with E-state index in [9.17, 15) is 23.1 Å². The smallest absolute Gasteiger partial charge is 0.870 e. The normalized spacial score (nSPS) is 18.3. The maximum atomic E-state index is 12.6. The molecule has 2 aromatic heterocycles. The summed E-state index contributed by atoms with van der Waals surface area (Å²) in [4.78, 5) is 20.4. The van der Waals surface area contributed by atoms with E-state index < -0.39 is 12.3 Å². The van der Waals surface area contributed by atoms with E-state index in [0.717, 1.165) is 11.1 Å². The van der Waals surface area contributed by atoms with Crippen molar-refractivity contribution < 1.29 is 84.7 Å². The van der Waals surface area contributed by atoms with E-state index in [2.05, 4.69) is 9.72 Å². The molecule has 10 heteroatoms.